The molecule has 2 aromatic heterocycles. The summed E-state index contributed by atoms with van der Waals surface area (Å²) in [4.78, 5) is 64.8. The molecule has 1 atom stereocenters. The molecule has 3 N–H and O–H groups in total. The fourth-order valence-electron chi connectivity index (χ4n) is 10.7. The average Bonchev–Trinajstić information content (AvgIpc) is 3.34. The molecule has 1 unspecified atom stereocenters. The Bertz CT molecular complexity index is 2820. The quantitative estimate of drug-likeness (QED) is 0.0767. The summed E-state index contributed by atoms with van der Waals surface area (Å²) < 4.78 is 51.2. The average molecular weight is 1040 g/mol. The van der Waals surface area contributed by atoms with Crippen LogP contribution in [0, 0.1) is 11.6 Å². The van der Waals surface area contributed by atoms with E-state index in [1.807, 2.05) is 21.9 Å². The van der Waals surface area contributed by atoms with Gasteiger partial charge < -0.3 is 34.6 Å². The highest BCUT2D eigenvalue weighted by Crippen LogP contribution is 2.42. The minimum atomic E-state index is -2.80. The third-order valence-electron chi connectivity index (χ3n) is 14.1. The molecule has 20 heteroatoms. The number of nitrogens with zero attached hydrogens (tertiary/aromatic N) is 8. The van der Waals surface area contributed by atoms with Gasteiger partial charge in [-0.15, -0.1) is 0 Å². The second-order valence-corrected chi connectivity index (χ2v) is 23.0. The van der Waals surface area contributed by atoms with Crippen LogP contribution in [-0.2, 0) is 25.4 Å². The van der Waals surface area contributed by atoms with Gasteiger partial charge in [-0.25, -0.2) is 13.8 Å². The van der Waals surface area contributed by atoms with E-state index in [0.717, 1.165) is 81.6 Å². The Kier molecular flexibility index (Phi) is 14.7. The molecule has 0 bridgehead atoms. The van der Waals surface area contributed by atoms with Crippen molar-refractivity contribution in [1.82, 2.24) is 35.1 Å². The number of fused-ring (bicyclic) bond motifs is 1. The van der Waals surface area contributed by atoms with E-state index in [-0.39, 0.29) is 36.8 Å². The van der Waals surface area contributed by atoms with Crippen molar-refractivity contribution in [2.75, 3.05) is 86.7 Å². The summed E-state index contributed by atoms with van der Waals surface area (Å²) in [5.74, 6) is -1.94. The molecule has 0 aliphatic carbocycles. The maximum Gasteiger partial charge on any atom is 0.229 e. The lowest BCUT2D eigenvalue weighted by molar-refractivity contribution is -0.134. The highest BCUT2D eigenvalue weighted by atomic mass is 79.9. The van der Waals surface area contributed by atoms with Gasteiger partial charge in [0.25, 0.3) is 0 Å². The van der Waals surface area contributed by atoms with Crippen molar-refractivity contribution in [2.24, 2.45) is 0 Å². The second-order valence-electron chi connectivity index (χ2n) is 19.0. The number of methoxy groups -OCH3 is 1. The second kappa shape index (κ2) is 20.9. The van der Waals surface area contributed by atoms with E-state index in [1.165, 1.54) is 12.1 Å². The first-order valence-electron chi connectivity index (χ1n) is 24.1. The van der Waals surface area contributed by atoms with Crippen LogP contribution >= 0.6 is 23.1 Å². The number of hydrogen-bond donors (Lipinski definition) is 3. The summed E-state index contributed by atoms with van der Waals surface area (Å²) in [5, 5.41) is 9.54. The molecule has 4 aliphatic heterocycles. The van der Waals surface area contributed by atoms with Crippen molar-refractivity contribution in [3.63, 3.8) is 0 Å². The predicted octanol–water partition coefficient (Wildman–Crippen LogP) is 7.85. The summed E-state index contributed by atoms with van der Waals surface area (Å²) >= 11 is 3.59. The van der Waals surface area contributed by atoms with Gasteiger partial charge in [-0.1, -0.05) is 6.92 Å². The van der Waals surface area contributed by atoms with Crippen molar-refractivity contribution in [1.29, 1.82) is 0 Å². The fourth-order valence-corrected chi connectivity index (χ4v) is 12.4. The zero-order valence-corrected chi connectivity index (χ0v) is 42.4. The Balaban J connectivity index is 0.801. The first-order chi connectivity index (χ1) is 33.7. The lowest BCUT2D eigenvalue weighted by Crippen LogP contribution is -2.55. The molecule has 5 aromatic rings. The molecule has 4 fully saturated rings. The van der Waals surface area contributed by atoms with E-state index in [0.29, 0.717) is 75.4 Å². The predicted molar refractivity (Wildman–Crippen MR) is 272 cm³/mol. The lowest BCUT2D eigenvalue weighted by atomic mass is 9.88. The van der Waals surface area contributed by atoms with Gasteiger partial charge in [0.15, 0.2) is 0 Å². The maximum absolute atomic E-state index is 15.5. The number of aromatic nitrogens is 4. The van der Waals surface area contributed by atoms with Crippen molar-refractivity contribution in [3.8, 4) is 5.75 Å². The van der Waals surface area contributed by atoms with Crippen molar-refractivity contribution in [2.45, 2.75) is 82.7 Å². The molecule has 0 saturated carbocycles. The van der Waals surface area contributed by atoms with Crippen LogP contribution in [0.15, 0.2) is 59.5 Å². The van der Waals surface area contributed by atoms with Gasteiger partial charge >= 0.3 is 0 Å². The van der Waals surface area contributed by atoms with Crippen LogP contribution in [0.3, 0.4) is 0 Å². The molecule has 70 heavy (non-hydrogen) atoms. The Morgan fingerprint density at radius 2 is 1.60 bits per heavy atom. The van der Waals surface area contributed by atoms with Gasteiger partial charge in [-0.2, -0.15) is 4.98 Å². The van der Waals surface area contributed by atoms with Crippen molar-refractivity contribution < 1.29 is 32.5 Å². The van der Waals surface area contributed by atoms with Gasteiger partial charge in [0.05, 0.1) is 33.8 Å². The van der Waals surface area contributed by atoms with Crippen LogP contribution in [0.25, 0.3) is 11.0 Å². The zero-order chi connectivity index (χ0) is 49.3. The smallest absolute Gasteiger partial charge is 0.229 e. The Morgan fingerprint density at radius 1 is 0.886 bits per heavy atom. The number of piperidine rings is 3. The first-order valence-corrected chi connectivity index (χ1v) is 27.5. The highest BCUT2D eigenvalue weighted by Gasteiger charge is 2.35. The monoisotopic (exact) mass is 1040 g/mol. The van der Waals surface area contributed by atoms with Gasteiger partial charge in [0.1, 0.15) is 35.9 Å². The summed E-state index contributed by atoms with van der Waals surface area (Å²) in [7, 11) is -1.15. The maximum atomic E-state index is 15.5. The van der Waals surface area contributed by atoms with Crippen LogP contribution in [0.5, 0.6) is 5.75 Å². The Hall–Kier alpha value is -5.78. The minimum Gasteiger partial charge on any atom is -0.494 e. The fraction of sp³-hybridized carbons (Fsp3) is 0.460. The number of ether oxygens (including phenoxy) is 1. The number of anilines is 6. The number of rotatable bonds is 13. The van der Waals surface area contributed by atoms with Gasteiger partial charge in [-0.05, 0) is 104 Å². The normalized spacial score (nSPS) is 18.8. The molecule has 16 nitrogen and oxygen atoms in total. The number of amides is 3. The standard InChI is InChI=1S/C50H59BrF2N11O5P/c1-5-30-22-40(58-50-56-29-35(51)49(60-50)57-39-10-9-38-47(55-14-13-54-38)48(39)70(3,4)68)42(69-2)28-41(30)62-16-11-32(12-17-62)61-18-20-63(21-19-61)45(67)27-33-8-6-7-15-64(33)34-25-36(52)46(37(53)26-34)31-23-43(65)59-44(66)24-31/h9-10,13-14,22,25-26,28-29,31-33H,5-8,11-12,15-21,23-24,27H2,1-4H3,(H,59,65,66)(H2,56,57,58,60). The van der Waals surface area contributed by atoms with Gasteiger partial charge in [0.2, 0.25) is 23.7 Å². The topological polar surface area (TPSA) is 178 Å². The van der Waals surface area contributed by atoms with Crippen LogP contribution in [0.2, 0.25) is 0 Å². The molecule has 3 aromatic carbocycles. The number of aryl methyl sites for hydroxylation is 1. The Morgan fingerprint density at radius 3 is 2.29 bits per heavy atom. The lowest BCUT2D eigenvalue weighted by Gasteiger charge is -2.44. The molecule has 4 aliphatic rings. The first kappa shape index (κ1) is 49.2. The van der Waals surface area contributed by atoms with E-state index in [4.69, 9.17) is 9.72 Å². The summed E-state index contributed by atoms with van der Waals surface area (Å²) in [6, 6.07) is 10.7. The molecule has 0 radical (unpaired) electrons. The number of halogens is 3. The molecular formula is C50H59BrF2N11O5P. The van der Waals surface area contributed by atoms with Crippen LogP contribution in [-0.4, -0.2) is 126 Å². The Labute approximate surface area is 414 Å². The van der Waals surface area contributed by atoms with Gasteiger partial charge in [0, 0.05) is 125 Å². The molecule has 0 spiro atoms. The van der Waals surface area contributed by atoms with Crippen LogP contribution in [0.4, 0.5) is 43.3 Å². The van der Waals surface area contributed by atoms with E-state index in [2.05, 4.69) is 75.7 Å². The van der Waals surface area contributed by atoms with Crippen molar-refractivity contribution in [3.05, 3.63) is 82.2 Å². The summed E-state index contributed by atoms with van der Waals surface area (Å²) in [6.07, 6.45) is 10.1. The third-order valence-corrected chi connectivity index (χ3v) is 16.3. The van der Waals surface area contributed by atoms with Crippen LogP contribution < -0.4 is 35.8 Å². The molecule has 4 saturated heterocycles. The zero-order valence-electron chi connectivity index (χ0n) is 39.9. The van der Waals surface area contributed by atoms with Crippen LogP contribution in [0.1, 0.15) is 75.3 Å². The van der Waals surface area contributed by atoms with Crippen molar-refractivity contribution >= 4 is 91.6 Å². The highest BCUT2D eigenvalue weighted by molar-refractivity contribution is 9.10. The number of imide groups is 1. The number of piperazine rings is 1. The molecular weight excluding hydrogens is 983 g/mol. The van der Waals surface area contributed by atoms with E-state index in [1.54, 1.807) is 39.0 Å². The SMILES string of the molecule is CCc1cc(Nc2ncc(Br)c(Nc3ccc4nccnc4c3P(C)(C)=O)n2)c(OC)cc1N1CCC(N2CCN(C(=O)CC3CCCCN3c3cc(F)c(C4CC(=O)NC(=O)C4)c(F)c3)CC2)CC1. The largest absolute Gasteiger partial charge is 0.494 e. The van der Waals surface area contributed by atoms with E-state index in [9.17, 15) is 18.9 Å². The van der Waals surface area contributed by atoms with E-state index >= 15 is 8.78 Å². The van der Waals surface area contributed by atoms with Gasteiger partial charge in [-0.3, -0.25) is 34.6 Å². The molecule has 6 heterocycles. The van der Waals surface area contributed by atoms with E-state index < -0.39 is 36.5 Å². The molecule has 3 amide bonds. The number of nitrogens with one attached hydrogen (secondary N) is 3. The molecule has 9 rings (SSSR count). The number of benzene rings is 3. The summed E-state index contributed by atoms with van der Waals surface area (Å²) in [6.45, 7) is 10.7. The minimum absolute atomic E-state index is 0.0507. The number of carbonyl (C=O) groups excluding carboxylic acids is 3. The molecule has 370 valence electrons. The third kappa shape index (κ3) is 10.6. The number of hydrogen-bond acceptors (Lipinski definition) is 14. The summed E-state index contributed by atoms with van der Waals surface area (Å²) in [5.41, 5.74) is 5.02. The number of carbonyl (C=O) groups is 3.